The first-order chi connectivity index (χ1) is 18.3. The maximum atomic E-state index is 12.8. The van der Waals surface area contributed by atoms with Crippen molar-refractivity contribution in [1.82, 2.24) is 15.6 Å². The van der Waals surface area contributed by atoms with E-state index in [0.717, 1.165) is 43.7 Å². The molecule has 0 bridgehead atoms. The van der Waals surface area contributed by atoms with Crippen molar-refractivity contribution < 1.29 is 23.7 Å². The summed E-state index contributed by atoms with van der Waals surface area (Å²) >= 11 is 0. The zero-order chi connectivity index (χ0) is 27.1. The van der Waals surface area contributed by atoms with Gasteiger partial charge in [-0.1, -0.05) is 24.3 Å². The molecule has 2 aromatic rings. The van der Waals surface area contributed by atoms with Gasteiger partial charge in [0.2, 0.25) is 5.91 Å². The Bertz CT molecular complexity index is 1410. The molecule has 0 aliphatic carbocycles. The molecule has 11 heteroatoms. The molecule has 3 heterocycles. The van der Waals surface area contributed by atoms with E-state index in [2.05, 4.69) is 37.9 Å². The average molecular weight is 538 g/mol. The Kier molecular flexibility index (Phi) is 8.90. The highest BCUT2D eigenvalue weighted by molar-refractivity contribution is 7.85. The molecule has 0 radical (unpaired) electrons. The summed E-state index contributed by atoms with van der Waals surface area (Å²) in [6, 6.07) is 9.72. The number of unbranched alkanes of at least 4 members (excludes halogenated alkanes) is 1. The van der Waals surface area contributed by atoms with Crippen molar-refractivity contribution in [3.63, 3.8) is 0 Å². The first-order valence-electron chi connectivity index (χ1n) is 12.6. The summed E-state index contributed by atoms with van der Waals surface area (Å²) in [5.74, 6) is 2.29. The van der Waals surface area contributed by atoms with Gasteiger partial charge in [0.05, 0.1) is 10.6 Å². The van der Waals surface area contributed by atoms with Gasteiger partial charge >= 0.3 is 5.97 Å². The van der Waals surface area contributed by atoms with Crippen molar-refractivity contribution in [2.75, 3.05) is 18.4 Å². The number of aromatic nitrogens is 1. The van der Waals surface area contributed by atoms with Crippen molar-refractivity contribution >= 4 is 55.7 Å². The van der Waals surface area contributed by atoms with Crippen LogP contribution in [-0.2, 0) is 37.2 Å². The fourth-order valence-corrected chi connectivity index (χ4v) is 5.25. The largest absolute Gasteiger partial charge is 0.480 e. The fourth-order valence-electron chi connectivity index (χ4n) is 4.47. The van der Waals surface area contributed by atoms with Crippen LogP contribution in [0.4, 0.5) is 11.5 Å². The molecular formula is C27H31N5O5S. The van der Waals surface area contributed by atoms with Crippen LogP contribution in [0.2, 0.25) is 0 Å². The van der Waals surface area contributed by atoms with Gasteiger partial charge in [-0.2, -0.15) is 0 Å². The van der Waals surface area contributed by atoms with Crippen LogP contribution in [0.1, 0.15) is 48.9 Å². The summed E-state index contributed by atoms with van der Waals surface area (Å²) in [6.45, 7) is 1.02. The number of carboxylic acids is 1. The van der Waals surface area contributed by atoms with Gasteiger partial charge in [-0.25, -0.2) is 19.0 Å². The maximum Gasteiger partial charge on any atom is 0.326 e. The number of carbonyl (C=O) groups excluding carboxylic acids is 2. The summed E-state index contributed by atoms with van der Waals surface area (Å²) in [5, 5.41) is 18.0. The van der Waals surface area contributed by atoms with E-state index >= 15 is 0 Å². The molecule has 38 heavy (non-hydrogen) atoms. The van der Waals surface area contributed by atoms with Gasteiger partial charge in [-0.3, -0.25) is 9.59 Å². The second-order valence-electron chi connectivity index (χ2n) is 9.20. The Hall–Kier alpha value is -3.99. The van der Waals surface area contributed by atoms with Gasteiger partial charge in [0.25, 0.3) is 5.91 Å². The van der Waals surface area contributed by atoms with Crippen molar-refractivity contribution in [2.45, 2.75) is 51.0 Å². The van der Waals surface area contributed by atoms with Gasteiger partial charge in [-0.05, 0) is 62.1 Å². The van der Waals surface area contributed by atoms with E-state index in [1.807, 2.05) is 6.07 Å². The highest BCUT2D eigenvalue weighted by Gasteiger charge is 2.30. The normalized spacial score (nSPS) is 14.4. The molecule has 4 N–H and O–H groups in total. The minimum atomic E-state index is -1.74. The standard InChI is InChI=1S/C27H31N5O5S/c1-38(37)24-19-9-3-4-10-20(19)31-23(24)26(34)32-21(27(35)36)14-16-28-22(33)11-5-2-8-18-13-12-17-7-6-15-29-25(17)30-18/h3-4,9-10,12-13,21H,1-2,5-8,11,14-16H2,(H,28,33)(H,29,30)(H,32,34)(H,35,36). The SMILES string of the molecule is C=S(=O)=C1C(C(=O)NC(CCNC(=O)CCCCc2ccc3c(n2)NCCC3)C(=O)O)=Nc2ccccc21. The van der Waals surface area contributed by atoms with Gasteiger partial charge in [-0.15, -0.1) is 0 Å². The van der Waals surface area contributed by atoms with Gasteiger partial charge in [0.15, 0.2) is 0 Å². The first kappa shape index (κ1) is 27.1. The van der Waals surface area contributed by atoms with Crippen LogP contribution in [0, 0.1) is 0 Å². The number of benzene rings is 1. The lowest BCUT2D eigenvalue weighted by atomic mass is 10.1. The number of carbonyl (C=O) groups is 3. The Labute approximate surface area is 222 Å². The van der Waals surface area contributed by atoms with E-state index in [4.69, 9.17) is 0 Å². The summed E-state index contributed by atoms with van der Waals surface area (Å²) in [6.07, 6.45) is 4.73. The Morgan fingerprint density at radius 2 is 1.97 bits per heavy atom. The predicted molar refractivity (Wildman–Crippen MR) is 149 cm³/mol. The number of amides is 2. The quantitative estimate of drug-likeness (QED) is 0.252. The minimum Gasteiger partial charge on any atom is -0.480 e. The lowest BCUT2D eigenvalue weighted by molar-refractivity contribution is -0.141. The number of carboxylic acid groups (broad SMARTS) is 1. The van der Waals surface area contributed by atoms with Crippen LogP contribution >= 0.6 is 0 Å². The van der Waals surface area contributed by atoms with Crippen molar-refractivity contribution in [2.24, 2.45) is 4.99 Å². The number of hydrogen-bond acceptors (Lipinski definition) is 7. The van der Waals surface area contributed by atoms with Crippen molar-refractivity contribution in [3.8, 4) is 0 Å². The van der Waals surface area contributed by atoms with E-state index in [1.165, 1.54) is 5.56 Å². The number of nitrogens with zero attached hydrogens (tertiary/aromatic N) is 2. The Morgan fingerprint density at radius 1 is 1.16 bits per heavy atom. The van der Waals surface area contributed by atoms with Gasteiger partial charge in [0.1, 0.15) is 17.6 Å². The second kappa shape index (κ2) is 12.5. The summed E-state index contributed by atoms with van der Waals surface area (Å²) in [5.41, 5.74) is 3.13. The molecule has 200 valence electrons. The molecule has 0 saturated carbocycles. The molecule has 1 aromatic heterocycles. The van der Waals surface area contributed by atoms with Gasteiger partial charge in [0, 0.05) is 40.7 Å². The smallest absolute Gasteiger partial charge is 0.326 e. The fraction of sp³-hybridized carbons (Fsp3) is 0.370. The molecule has 1 aromatic carbocycles. The number of hydrogen-bond donors (Lipinski definition) is 4. The first-order valence-corrected chi connectivity index (χ1v) is 14.0. The third-order valence-corrected chi connectivity index (χ3v) is 7.30. The van der Waals surface area contributed by atoms with E-state index in [9.17, 15) is 23.7 Å². The van der Waals surface area contributed by atoms with Crippen LogP contribution in [0.3, 0.4) is 0 Å². The topological polar surface area (TPSA) is 150 Å². The molecule has 0 spiro atoms. The number of nitrogens with one attached hydrogen (secondary N) is 3. The minimum absolute atomic E-state index is 0.0120. The van der Waals surface area contributed by atoms with Gasteiger partial charge < -0.3 is 21.1 Å². The van der Waals surface area contributed by atoms with Crippen LogP contribution in [-0.4, -0.2) is 67.7 Å². The van der Waals surface area contributed by atoms with Crippen LogP contribution < -0.4 is 16.0 Å². The van der Waals surface area contributed by atoms with Crippen molar-refractivity contribution in [1.29, 1.82) is 0 Å². The highest BCUT2D eigenvalue weighted by Crippen LogP contribution is 2.26. The third-order valence-electron chi connectivity index (χ3n) is 6.44. The molecule has 10 nitrogen and oxygen atoms in total. The monoisotopic (exact) mass is 537 g/mol. The van der Waals surface area contributed by atoms with Crippen LogP contribution in [0.5, 0.6) is 0 Å². The van der Waals surface area contributed by atoms with E-state index in [-0.39, 0.29) is 29.4 Å². The number of para-hydroxylation sites is 1. The second-order valence-corrected chi connectivity index (χ2v) is 10.3. The van der Waals surface area contributed by atoms with Crippen LogP contribution in [0.25, 0.3) is 0 Å². The number of aryl methyl sites for hydroxylation is 2. The predicted octanol–water partition coefficient (Wildman–Crippen LogP) is 1.72. The average Bonchev–Trinajstić information content (AvgIpc) is 3.30. The van der Waals surface area contributed by atoms with E-state index in [0.29, 0.717) is 24.1 Å². The van der Waals surface area contributed by atoms with E-state index < -0.39 is 27.9 Å². The number of aliphatic carboxylic acids is 1. The number of rotatable bonds is 11. The Balaban J connectivity index is 1.21. The molecule has 2 aliphatic rings. The van der Waals surface area contributed by atoms with Crippen molar-refractivity contribution in [3.05, 3.63) is 53.2 Å². The molecule has 4 rings (SSSR count). The lowest BCUT2D eigenvalue weighted by Crippen LogP contribution is -2.47. The number of aliphatic imine (C=N–C) groups is 1. The molecule has 0 fully saturated rings. The third kappa shape index (κ3) is 6.65. The molecule has 1 atom stereocenters. The Morgan fingerprint density at radius 3 is 2.76 bits per heavy atom. The molecule has 0 saturated heterocycles. The number of fused-ring (bicyclic) bond motifs is 2. The molecule has 2 aliphatic heterocycles. The summed E-state index contributed by atoms with van der Waals surface area (Å²) < 4.78 is 12.2. The number of pyridine rings is 1. The zero-order valence-corrected chi connectivity index (χ0v) is 21.8. The molecular weight excluding hydrogens is 506 g/mol. The summed E-state index contributed by atoms with van der Waals surface area (Å²) in [7, 11) is -1.74. The molecule has 2 amide bonds. The number of anilines is 1. The summed E-state index contributed by atoms with van der Waals surface area (Å²) in [4.78, 5) is 45.9. The maximum absolute atomic E-state index is 12.8. The lowest BCUT2D eigenvalue weighted by Gasteiger charge is -2.17. The van der Waals surface area contributed by atoms with E-state index in [1.54, 1.807) is 24.3 Å². The zero-order valence-electron chi connectivity index (χ0n) is 21.0. The van der Waals surface area contributed by atoms with Crippen LogP contribution in [0.15, 0.2) is 41.4 Å². The highest BCUT2D eigenvalue weighted by atomic mass is 32.1. The molecule has 1 unspecified atom stereocenters.